The van der Waals surface area contributed by atoms with Gasteiger partial charge in [-0.25, -0.2) is 4.83 Å². The fourth-order valence-corrected chi connectivity index (χ4v) is 2.84. The van der Waals surface area contributed by atoms with Crippen LogP contribution in [-0.2, 0) is 10.0 Å². The Kier molecular flexibility index (Phi) is 5.79. The van der Waals surface area contributed by atoms with Crippen LogP contribution in [0.3, 0.4) is 0 Å². The molecule has 0 unspecified atom stereocenters. The second kappa shape index (κ2) is 7.61. The van der Waals surface area contributed by atoms with Crippen molar-refractivity contribution in [2.24, 2.45) is 5.10 Å². The van der Waals surface area contributed by atoms with E-state index in [1.165, 1.54) is 18.3 Å². The van der Waals surface area contributed by atoms with Crippen molar-refractivity contribution in [2.45, 2.75) is 24.8 Å². The molecular formula is C16H17BrN2O3S. The van der Waals surface area contributed by atoms with Gasteiger partial charge in [0.15, 0.2) is 0 Å². The van der Waals surface area contributed by atoms with Crippen LogP contribution in [0.25, 0.3) is 0 Å². The summed E-state index contributed by atoms with van der Waals surface area (Å²) in [5.41, 5.74) is 0.694. The standard InChI is InChI=1S/C16H17BrN2O3S/c1-12(2)22-16-6-4-3-5-13(16)11-18-19-23(20,21)15-9-7-14(17)8-10-15/h3-12,19H,1-2H3/b18-11+. The van der Waals surface area contributed by atoms with E-state index < -0.39 is 10.0 Å². The third-order valence-corrected chi connectivity index (χ3v) is 4.55. The van der Waals surface area contributed by atoms with Gasteiger partial charge in [0.1, 0.15) is 5.75 Å². The number of hydrazone groups is 1. The molecule has 0 fully saturated rings. The molecule has 122 valence electrons. The van der Waals surface area contributed by atoms with E-state index in [-0.39, 0.29) is 11.0 Å². The van der Waals surface area contributed by atoms with E-state index in [1.807, 2.05) is 32.0 Å². The molecule has 0 atom stereocenters. The molecule has 0 radical (unpaired) electrons. The summed E-state index contributed by atoms with van der Waals surface area (Å²) >= 11 is 3.26. The van der Waals surface area contributed by atoms with Gasteiger partial charge >= 0.3 is 0 Å². The zero-order valence-electron chi connectivity index (χ0n) is 12.7. The zero-order chi connectivity index (χ0) is 16.9. The van der Waals surface area contributed by atoms with Gasteiger partial charge in [0.05, 0.1) is 17.2 Å². The number of rotatable bonds is 6. The maximum absolute atomic E-state index is 12.1. The predicted molar refractivity (Wildman–Crippen MR) is 94.3 cm³/mol. The van der Waals surface area contributed by atoms with E-state index in [1.54, 1.807) is 18.2 Å². The monoisotopic (exact) mass is 396 g/mol. The van der Waals surface area contributed by atoms with Crippen molar-refractivity contribution in [3.63, 3.8) is 0 Å². The first-order chi connectivity index (χ1) is 10.9. The molecule has 7 heteroatoms. The highest BCUT2D eigenvalue weighted by Crippen LogP contribution is 2.18. The van der Waals surface area contributed by atoms with E-state index in [0.717, 1.165) is 4.47 Å². The van der Waals surface area contributed by atoms with Crippen LogP contribution >= 0.6 is 15.9 Å². The third kappa shape index (κ3) is 5.07. The summed E-state index contributed by atoms with van der Waals surface area (Å²) in [4.78, 5) is 2.34. The maximum atomic E-state index is 12.1. The Bertz CT molecular complexity index is 787. The normalized spacial score (nSPS) is 11.8. The van der Waals surface area contributed by atoms with E-state index in [9.17, 15) is 8.42 Å². The topological polar surface area (TPSA) is 67.8 Å². The minimum Gasteiger partial charge on any atom is -0.490 e. The number of sulfonamides is 1. The van der Waals surface area contributed by atoms with Crippen molar-refractivity contribution in [1.82, 2.24) is 4.83 Å². The average Bonchev–Trinajstić information content (AvgIpc) is 2.49. The molecule has 0 bridgehead atoms. The van der Waals surface area contributed by atoms with Crippen molar-refractivity contribution in [1.29, 1.82) is 0 Å². The van der Waals surface area contributed by atoms with Crippen molar-refractivity contribution in [3.05, 3.63) is 58.6 Å². The molecule has 23 heavy (non-hydrogen) atoms. The van der Waals surface area contributed by atoms with Gasteiger partial charge < -0.3 is 4.74 Å². The highest BCUT2D eigenvalue weighted by Gasteiger charge is 2.12. The molecule has 0 saturated heterocycles. The molecule has 0 saturated carbocycles. The number of hydrogen-bond donors (Lipinski definition) is 1. The Morgan fingerprint density at radius 3 is 2.43 bits per heavy atom. The van der Waals surface area contributed by atoms with Crippen LogP contribution in [0.15, 0.2) is 63.0 Å². The Labute approximate surface area is 144 Å². The van der Waals surface area contributed by atoms with Gasteiger partial charge in [0.25, 0.3) is 10.0 Å². The summed E-state index contributed by atoms with van der Waals surface area (Å²) in [6, 6.07) is 13.6. The third-order valence-electron chi connectivity index (χ3n) is 2.78. The minimum absolute atomic E-state index is 0.0176. The number of hydrogen-bond acceptors (Lipinski definition) is 4. The molecule has 1 N–H and O–H groups in total. The first-order valence-electron chi connectivity index (χ1n) is 6.94. The van der Waals surface area contributed by atoms with Crippen LogP contribution in [-0.4, -0.2) is 20.7 Å². The number of benzene rings is 2. The highest BCUT2D eigenvalue weighted by molar-refractivity contribution is 9.10. The summed E-state index contributed by atoms with van der Waals surface area (Å²) in [6.07, 6.45) is 1.44. The van der Waals surface area contributed by atoms with Crippen LogP contribution in [0.4, 0.5) is 0 Å². The predicted octanol–water partition coefficient (Wildman–Crippen LogP) is 3.55. The Morgan fingerprint density at radius 1 is 1.13 bits per heavy atom. The van der Waals surface area contributed by atoms with Gasteiger partial charge in [0, 0.05) is 10.0 Å². The maximum Gasteiger partial charge on any atom is 0.276 e. The lowest BCUT2D eigenvalue weighted by molar-refractivity contribution is 0.242. The van der Waals surface area contributed by atoms with Gasteiger partial charge in [-0.2, -0.15) is 13.5 Å². The van der Waals surface area contributed by atoms with Gasteiger partial charge in [-0.05, 0) is 50.2 Å². The number of nitrogens with zero attached hydrogens (tertiary/aromatic N) is 1. The lowest BCUT2D eigenvalue weighted by Crippen LogP contribution is -2.18. The molecule has 0 aliphatic rings. The number of ether oxygens (including phenoxy) is 1. The molecule has 2 rings (SSSR count). The number of para-hydroxylation sites is 1. The van der Waals surface area contributed by atoms with Crippen molar-refractivity contribution in [3.8, 4) is 5.75 Å². The van der Waals surface area contributed by atoms with Crippen LogP contribution in [0.5, 0.6) is 5.75 Å². The summed E-state index contributed by atoms with van der Waals surface area (Å²) in [6.45, 7) is 3.84. The molecule has 0 heterocycles. The summed E-state index contributed by atoms with van der Waals surface area (Å²) in [5.74, 6) is 0.647. The summed E-state index contributed by atoms with van der Waals surface area (Å²) < 4.78 is 30.7. The molecule has 5 nitrogen and oxygen atoms in total. The highest BCUT2D eigenvalue weighted by atomic mass is 79.9. The van der Waals surface area contributed by atoms with Gasteiger partial charge in [-0.3, -0.25) is 0 Å². The quantitative estimate of drug-likeness (QED) is 0.599. The van der Waals surface area contributed by atoms with Gasteiger partial charge in [-0.15, -0.1) is 0 Å². The van der Waals surface area contributed by atoms with Crippen molar-refractivity contribution >= 4 is 32.2 Å². The molecule has 0 spiro atoms. The molecular weight excluding hydrogens is 380 g/mol. The second-order valence-corrected chi connectivity index (χ2v) is 7.59. The van der Waals surface area contributed by atoms with E-state index in [0.29, 0.717) is 11.3 Å². The fraction of sp³-hybridized carbons (Fsp3) is 0.188. The molecule has 0 aliphatic carbocycles. The molecule has 2 aromatic rings. The molecule has 0 aliphatic heterocycles. The Balaban J connectivity index is 2.14. The van der Waals surface area contributed by atoms with Crippen LogP contribution in [0.1, 0.15) is 19.4 Å². The zero-order valence-corrected chi connectivity index (χ0v) is 15.1. The lowest BCUT2D eigenvalue weighted by atomic mass is 10.2. The van der Waals surface area contributed by atoms with E-state index in [2.05, 4.69) is 25.9 Å². The van der Waals surface area contributed by atoms with Crippen LogP contribution in [0, 0.1) is 0 Å². The lowest BCUT2D eigenvalue weighted by Gasteiger charge is -2.11. The van der Waals surface area contributed by atoms with E-state index in [4.69, 9.17) is 4.74 Å². The van der Waals surface area contributed by atoms with Crippen molar-refractivity contribution in [2.75, 3.05) is 0 Å². The fourth-order valence-electron chi connectivity index (χ4n) is 1.78. The SMILES string of the molecule is CC(C)Oc1ccccc1/C=N/NS(=O)(=O)c1ccc(Br)cc1. The number of nitrogens with one attached hydrogen (secondary N) is 1. The van der Waals surface area contributed by atoms with Crippen LogP contribution < -0.4 is 9.57 Å². The number of halogens is 1. The Morgan fingerprint density at radius 2 is 1.78 bits per heavy atom. The summed E-state index contributed by atoms with van der Waals surface area (Å²) in [7, 11) is -3.69. The average molecular weight is 397 g/mol. The second-order valence-electron chi connectivity index (χ2n) is 5.01. The molecule has 2 aromatic carbocycles. The van der Waals surface area contributed by atoms with Gasteiger partial charge in [0.2, 0.25) is 0 Å². The van der Waals surface area contributed by atoms with Gasteiger partial charge in [-0.1, -0.05) is 28.1 Å². The molecule has 0 amide bonds. The minimum atomic E-state index is -3.69. The summed E-state index contributed by atoms with van der Waals surface area (Å²) in [5, 5.41) is 3.83. The van der Waals surface area contributed by atoms with E-state index >= 15 is 0 Å². The first-order valence-corrected chi connectivity index (χ1v) is 9.22. The first kappa shape index (κ1) is 17.5. The largest absolute Gasteiger partial charge is 0.490 e. The molecule has 0 aromatic heterocycles. The Hall–Kier alpha value is -1.86. The smallest absolute Gasteiger partial charge is 0.276 e. The van der Waals surface area contributed by atoms with Crippen LogP contribution in [0.2, 0.25) is 0 Å². The van der Waals surface area contributed by atoms with Crippen molar-refractivity contribution < 1.29 is 13.2 Å².